The number of alkyl halides is 2. The lowest BCUT2D eigenvalue weighted by atomic mass is 11.0. The predicted octanol–water partition coefficient (Wildman–Crippen LogP) is 1.76. The van der Waals surface area contributed by atoms with Gasteiger partial charge in [0.05, 0.1) is 0 Å². The molecule has 8 heavy (non-hydrogen) atoms. The van der Waals surface area contributed by atoms with E-state index in [1.54, 1.807) is 6.92 Å². The molecular weight excluding hydrogens is 149 g/mol. The highest BCUT2D eigenvalue weighted by molar-refractivity contribution is 6.43. The summed E-state index contributed by atoms with van der Waals surface area (Å²) in [4.78, 5) is 11.6. The van der Waals surface area contributed by atoms with Gasteiger partial charge in [-0.3, -0.25) is 0 Å². The normalized spacial score (nSPS) is 6.62. The second-order valence-electron chi connectivity index (χ2n) is 0.834. The van der Waals surface area contributed by atoms with Gasteiger partial charge in [-0.25, -0.2) is 9.79 Å². The van der Waals surface area contributed by atoms with Gasteiger partial charge in [0.15, 0.2) is 0 Å². The van der Waals surface area contributed by atoms with E-state index >= 15 is 0 Å². The SMILES string of the molecule is CC(Cl)Cl.CN=C=O. The maximum atomic E-state index is 8.88. The first-order valence-corrected chi connectivity index (χ1v) is 2.76. The van der Waals surface area contributed by atoms with Crippen LogP contribution in [0, 0.1) is 0 Å². The van der Waals surface area contributed by atoms with Crippen molar-refractivity contribution in [2.45, 2.75) is 11.8 Å². The molecule has 0 spiro atoms. The number of rotatable bonds is 0. The van der Waals surface area contributed by atoms with Crippen LogP contribution in [0.5, 0.6) is 0 Å². The van der Waals surface area contributed by atoms with Gasteiger partial charge in [0.1, 0.15) is 4.84 Å². The van der Waals surface area contributed by atoms with Crippen LogP contribution in [0.25, 0.3) is 0 Å². The van der Waals surface area contributed by atoms with Gasteiger partial charge < -0.3 is 0 Å². The summed E-state index contributed by atoms with van der Waals surface area (Å²) in [5, 5.41) is 0. The van der Waals surface area contributed by atoms with Crippen molar-refractivity contribution in [2.75, 3.05) is 7.05 Å². The smallest absolute Gasteiger partial charge is 0.211 e. The van der Waals surface area contributed by atoms with Crippen LogP contribution in [0.2, 0.25) is 0 Å². The van der Waals surface area contributed by atoms with E-state index < -0.39 is 0 Å². The maximum Gasteiger partial charge on any atom is 0.234 e. The highest BCUT2D eigenvalue weighted by atomic mass is 35.5. The zero-order chi connectivity index (χ0) is 6.99. The quantitative estimate of drug-likeness (QED) is 0.298. The Morgan fingerprint density at radius 3 is 1.75 bits per heavy atom. The summed E-state index contributed by atoms with van der Waals surface area (Å²) in [5.41, 5.74) is 0. The highest BCUT2D eigenvalue weighted by Gasteiger charge is 1.75. The van der Waals surface area contributed by atoms with E-state index in [1.165, 1.54) is 13.1 Å². The molecule has 2 nitrogen and oxygen atoms in total. The fourth-order valence-corrected chi connectivity index (χ4v) is 0. The monoisotopic (exact) mass is 155 g/mol. The molecular formula is C4H7Cl2NO. The molecule has 0 radical (unpaired) electrons. The van der Waals surface area contributed by atoms with Gasteiger partial charge in [0, 0.05) is 7.05 Å². The van der Waals surface area contributed by atoms with E-state index in [1.807, 2.05) is 0 Å². The highest BCUT2D eigenvalue weighted by Crippen LogP contribution is 1.95. The molecule has 4 heteroatoms. The van der Waals surface area contributed by atoms with Crippen LogP contribution in [0.4, 0.5) is 0 Å². The summed E-state index contributed by atoms with van der Waals surface area (Å²) in [6.45, 7) is 1.70. The minimum absolute atomic E-state index is 0.222. The van der Waals surface area contributed by atoms with E-state index in [9.17, 15) is 0 Å². The van der Waals surface area contributed by atoms with Crippen LogP contribution < -0.4 is 0 Å². The molecule has 0 N–H and O–H groups in total. The fourth-order valence-electron chi connectivity index (χ4n) is 0. The van der Waals surface area contributed by atoms with Gasteiger partial charge in [0.25, 0.3) is 0 Å². The first-order valence-electron chi connectivity index (χ1n) is 1.89. The van der Waals surface area contributed by atoms with E-state index in [2.05, 4.69) is 4.99 Å². The van der Waals surface area contributed by atoms with Crippen molar-refractivity contribution in [3.05, 3.63) is 0 Å². The first kappa shape index (κ1) is 10.9. The number of aliphatic imine (C=N–C) groups is 1. The Balaban J connectivity index is 0. The van der Waals surface area contributed by atoms with Crippen LogP contribution in [0.15, 0.2) is 4.99 Å². The molecule has 0 aromatic heterocycles. The first-order chi connectivity index (χ1) is 3.65. The number of hydrogen-bond acceptors (Lipinski definition) is 2. The van der Waals surface area contributed by atoms with E-state index in [0.29, 0.717) is 0 Å². The number of hydrogen-bond donors (Lipinski definition) is 0. The Morgan fingerprint density at radius 2 is 1.75 bits per heavy atom. The number of carbonyl (C=O) groups excluding carboxylic acids is 1. The molecule has 0 rings (SSSR count). The van der Waals surface area contributed by atoms with Crippen molar-refractivity contribution in [3.63, 3.8) is 0 Å². The van der Waals surface area contributed by atoms with Crippen molar-refractivity contribution in [2.24, 2.45) is 4.99 Å². The minimum Gasteiger partial charge on any atom is -0.211 e. The zero-order valence-electron chi connectivity index (χ0n) is 4.69. The average molecular weight is 156 g/mol. The molecule has 0 aliphatic heterocycles. The average Bonchev–Trinajstić information content (AvgIpc) is 1.65. The van der Waals surface area contributed by atoms with Crippen LogP contribution in [-0.2, 0) is 4.79 Å². The lowest BCUT2D eigenvalue weighted by Crippen LogP contribution is -1.63. The molecule has 0 aliphatic rings. The maximum absolute atomic E-state index is 8.88. The van der Waals surface area contributed by atoms with E-state index in [4.69, 9.17) is 28.0 Å². The van der Waals surface area contributed by atoms with Gasteiger partial charge in [-0.15, -0.1) is 23.2 Å². The molecule has 0 heterocycles. The summed E-state index contributed by atoms with van der Waals surface area (Å²) >= 11 is 10.1. The van der Waals surface area contributed by atoms with E-state index in [-0.39, 0.29) is 4.84 Å². The van der Waals surface area contributed by atoms with Crippen molar-refractivity contribution < 1.29 is 4.79 Å². The van der Waals surface area contributed by atoms with Crippen molar-refractivity contribution in [3.8, 4) is 0 Å². The Morgan fingerprint density at radius 1 is 1.62 bits per heavy atom. The Labute approximate surface area is 58.5 Å². The second-order valence-corrected chi connectivity index (χ2v) is 2.37. The van der Waals surface area contributed by atoms with Crippen LogP contribution in [-0.4, -0.2) is 18.0 Å². The third-order valence-electron chi connectivity index (χ3n) is 0.0913. The van der Waals surface area contributed by atoms with Gasteiger partial charge in [-0.1, -0.05) is 0 Å². The summed E-state index contributed by atoms with van der Waals surface area (Å²) in [5.74, 6) is 0. The standard InChI is InChI=1S/C2H4Cl2.C2H3NO/c1-2(3)4;1-3-2-4/h2H,1H3;1H3. The molecule has 0 saturated heterocycles. The molecule has 0 amide bonds. The van der Waals surface area contributed by atoms with Gasteiger partial charge in [-0.05, 0) is 6.92 Å². The van der Waals surface area contributed by atoms with Crippen molar-refractivity contribution in [1.29, 1.82) is 0 Å². The van der Waals surface area contributed by atoms with Gasteiger partial charge in [-0.2, -0.15) is 0 Å². The molecule has 0 fully saturated rings. The third kappa shape index (κ3) is 159. The summed E-state index contributed by atoms with van der Waals surface area (Å²) in [6, 6.07) is 0. The van der Waals surface area contributed by atoms with Crippen LogP contribution in [0.3, 0.4) is 0 Å². The Bertz CT molecular complexity index is 75.4. The molecule has 0 aliphatic carbocycles. The molecule has 0 aromatic carbocycles. The van der Waals surface area contributed by atoms with Crippen molar-refractivity contribution >= 4 is 29.3 Å². The number of isocyanates is 1. The third-order valence-corrected chi connectivity index (χ3v) is 0.0913. The molecule has 0 saturated carbocycles. The molecule has 0 unspecified atom stereocenters. The van der Waals surface area contributed by atoms with Gasteiger partial charge >= 0.3 is 0 Å². The topological polar surface area (TPSA) is 29.4 Å². The molecule has 0 aromatic rings. The van der Waals surface area contributed by atoms with Gasteiger partial charge in [0.2, 0.25) is 6.08 Å². The lowest BCUT2D eigenvalue weighted by Gasteiger charge is -1.72. The lowest BCUT2D eigenvalue weighted by molar-refractivity contribution is 0.564. The van der Waals surface area contributed by atoms with E-state index in [0.717, 1.165) is 0 Å². The number of halogens is 2. The zero-order valence-corrected chi connectivity index (χ0v) is 6.20. The fraction of sp³-hybridized carbons (Fsp3) is 0.750. The largest absolute Gasteiger partial charge is 0.234 e. The molecule has 0 atom stereocenters. The predicted molar refractivity (Wildman–Crippen MR) is 35.2 cm³/mol. The summed E-state index contributed by atoms with van der Waals surface area (Å²) in [6.07, 6.45) is 1.31. The van der Waals surface area contributed by atoms with Crippen molar-refractivity contribution in [1.82, 2.24) is 0 Å². The second kappa shape index (κ2) is 10.0. The molecule has 48 valence electrons. The minimum atomic E-state index is -0.222. The van der Waals surface area contributed by atoms with Crippen LogP contribution in [0.1, 0.15) is 6.92 Å². The van der Waals surface area contributed by atoms with Crippen LogP contribution >= 0.6 is 23.2 Å². The molecule has 0 bridgehead atoms. The summed E-state index contributed by atoms with van der Waals surface area (Å²) < 4.78 is 0. The Kier molecular flexibility index (Phi) is 13.6. The Hall–Kier alpha value is -0.0400. The number of nitrogens with zero attached hydrogens (tertiary/aromatic N) is 1. The summed E-state index contributed by atoms with van der Waals surface area (Å²) in [7, 11) is 1.38.